The molecule has 0 heterocycles. The van der Waals surface area contributed by atoms with E-state index >= 15 is 0 Å². The summed E-state index contributed by atoms with van der Waals surface area (Å²) in [6, 6.07) is 0. The largest absolute Gasteiger partial charge is 0.342 e. The van der Waals surface area contributed by atoms with Gasteiger partial charge in [-0.1, -0.05) is 19.4 Å². The Morgan fingerprint density at radius 2 is 2.21 bits per heavy atom. The Labute approximate surface area is 91.7 Å². The normalized spacial score (nSPS) is 9.86. The summed E-state index contributed by atoms with van der Waals surface area (Å²) < 4.78 is 0. The molecule has 0 atom stereocenters. The number of unbranched alkanes of at least 4 members (excludes halogenated alkanes) is 1. The molecule has 14 heavy (non-hydrogen) atoms. The SMILES string of the molecule is C=CCSCC(=O)N(CC)CCCC. The molecule has 0 aliphatic carbocycles. The number of amides is 1. The fourth-order valence-corrected chi connectivity index (χ4v) is 1.77. The lowest BCUT2D eigenvalue weighted by atomic mass is 10.3. The van der Waals surface area contributed by atoms with Gasteiger partial charge in [-0.15, -0.1) is 18.3 Å². The number of hydrogen-bond donors (Lipinski definition) is 0. The van der Waals surface area contributed by atoms with E-state index in [0.717, 1.165) is 31.7 Å². The third-order valence-corrected chi connectivity index (χ3v) is 2.90. The van der Waals surface area contributed by atoms with E-state index in [1.807, 2.05) is 17.9 Å². The van der Waals surface area contributed by atoms with Crippen LogP contribution in [0.2, 0.25) is 0 Å². The molecule has 0 aliphatic rings. The first-order valence-corrected chi connectivity index (χ1v) is 6.38. The Balaban J connectivity index is 3.73. The molecule has 0 aromatic heterocycles. The van der Waals surface area contributed by atoms with Crippen molar-refractivity contribution >= 4 is 17.7 Å². The van der Waals surface area contributed by atoms with Gasteiger partial charge in [0, 0.05) is 18.8 Å². The highest BCUT2D eigenvalue weighted by Gasteiger charge is 2.09. The van der Waals surface area contributed by atoms with Crippen molar-refractivity contribution in [1.82, 2.24) is 4.90 Å². The molecule has 0 aromatic carbocycles. The van der Waals surface area contributed by atoms with Gasteiger partial charge < -0.3 is 4.90 Å². The van der Waals surface area contributed by atoms with E-state index in [2.05, 4.69) is 13.5 Å². The third-order valence-electron chi connectivity index (χ3n) is 1.98. The van der Waals surface area contributed by atoms with E-state index in [1.165, 1.54) is 0 Å². The Hall–Kier alpha value is -0.440. The number of hydrogen-bond acceptors (Lipinski definition) is 2. The maximum absolute atomic E-state index is 11.6. The number of nitrogens with zero attached hydrogens (tertiary/aromatic N) is 1. The summed E-state index contributed by atoms with van der Waals surface area (Å²) in [6.07, 6.45) is 4.08. The topological polar surface area (TPSA) is 20.3 Å². The van der Waals surface area contributed by atoms with Crippen molar-refractivity contribution < 1.29 is 4.79 Å². The van der Waals surface area contributed by atoms with Crippen LogP contribution in [0.25, 0.3) is 0 Å². The van der Waals surface area contributed by atoms with Crippen molar-refractivity contribution in [1.29, 1.82) is 0 Å². The average Bonchev–Trinajstić information content (AvgIpc) is 2.19. The summed E-state index contributed by atoms with van der Waals surface area (Å²) >= 11 is 1.63. The quantitative estimate of drug-likeness (QED) is 0.458. The lowest BCUT2D eigenvalue weighted by Crippen LogP contribution is -2.33. The zero-order chi connectivity index (χ0) is 10.8. The average molecular weight is 215 g/mol. The molecule has 0 saturated heterocycles. The first kappa shape index (κ1) is 13.6. The van der Waals surface area contributed by atoms with Gasteiger partial charge in [-0.2, -0.15) is 0 Å². The fourth-order valence-electron chi connectivity index (χ4n) is 1.13. The van der Waals surface area contributed by atoms with Gasteiger partial charge in [-0.3, -0.25) is 4.79 Å². The first-order valence-electron chi connectivity index (χ1n) is 5.22. The van der Waals surface area contributed by atoms with E-state index in [9.17, 15) is 4.79 Å². The van der Waals surface area contributed by atoms with Crippen LogP contribution in [0.1, 0.15) is 26.7 Å². The number of carbonyl (C=O) groups is 1. The van der Waals surface area contributed by atoms with Gasteiger partial charge in [-0.05, 0) is 13.3 Å². The van der Waals surface area contributed by atoms with Crippen LogP contribution in [0.3, 0.4) is 0 Å². The molecule has 0 aliphatic heterocycles. The van der Waals surface area contributed by atoms with Gasteiger partial charge in [0.1, 0.15) is 0 Å². The summed E-state index contributed by atoms with van der Waals surface area (Å²) in [4.78, 5) is 13.6. The minimum Gasteiger partial charge on any atom is -0.342 e. The van der Waals surface area contributed by atoms with Crippen LogP contribution < -0.4 is 0 Å². The highest BCUT2D eigenvalue weighted by Crippen LogP contribution is 2.04. The Kier molecular flexibility index (Phi) is 8.84. The maximum Gasteiger partial charge on any atom is 0.232 e. The van der Waals surface area contributed by atoms with Gasteiger partial charge in [-0.25, -0.2) is 0 Å². The molecule has 0 aromatic rings. The Bertz CT molecular complexity index is 171. The summed E-state index contributed by atoms with van der Waals surface area (Å²) in [5, 5.41) is 0. The van der Waals surface area contributed by atoms with E-state index in [0.29, 0.717) is 5.75 Å². The standard InChI is InChI=1S/C11H21NOS/c1-4-7-8-12(6-3)11(13)10-14-9-5-2/h5H,2,4,6-10H2,1,3H3. The second-order valence-corrected chi connectivity index (χ2v) is 4.16. The second-order valence-electron chi connectivity index (χ2n) is 3.13. The molecular weight excluding hydrogens is 194 g/mol. The van der Waals surface area contributed by atoms with Crippen LogP contribution in [0.4, 0.5) is 0 Å². The second kappa shape index (κ2) is 9.13. The van der Waals surface area contributed by atoms with Crippen LogP contribution in [0.5, 0.6) is 0 Å². The smallest absolute Gasteiger partial charge is 0.232 e. The number of carbonyl (C=O) groups excluding carboxylic acids is 1. The van der Waals surface area contributed by atoms with Crippen molar-refractivity contribution in [2.24, 2.45) is 0 Å². The molecule has 0 radical (unpaired) electrons. The van der Waals surface area contributed by atoms with Gasteiger partial charge in [0.2, 0.25) is 5.91 Å². The molecule has 2 nitrogen and oxygen atoms in total. The molecule has 0 spiro atoms. The minimum atomic E-state index is 0.257. The molecule has 3 heteroatoms. The summed E-state index contributed by atoms with van der Waals surface area (Å²) in [5.41, 5.74) is 0. The van der Waals surface area contributed by atoms with Crippen molar-refractivity contribution in [3.63, 3.8) is 0 Å². The fraction of sp³-hybridized carbons (Fsp3) is 0.727. The lowest BCUT2D eigenvalue weighted by Gasteiger charge is -2.20. The lowest BCUT2D eigenvalue weighted by molar-refractivity contribution is -0.128. The summed E-state index contributed by atoms with van der Waals surface area (Å²) in [6.45, 7) is 9.53. The highest BCUT2D eigenvalue weighted by molar-refractivity contribution is 8.00. The number of thioether (sulfide) groups is 1. The predicted octanol–water partition coefficient (Wildman–Crippen LogP) is 2.55. The van der Waals surface area contributed by atoms with Crippen LogP contribution in [-0.4, -0.2) is 35.4 Å². The zero-order valence-corrected chi connectivity index (χ0v) is 10.1. The molecule has 0 saturated carbocycles. The van der Waals surface area contributed by atoms with Gasteiger partial charge in [0.15, 0.2) is 0 Å². The van der Waals surface area contributed by atoms with Crippen LogP contribution in [-0.2, 0) is 4.79 Å². The molecule has 0 bridgehead atoms. The molecule has 1 amide bonds. The van der Waals surface area contributed by atoms with Crippen molar-refractivity contribution in [3.8, 4) is 0 Å². The van der Waals surface area contributed by atoms with Crippen LogP contribution >= 0.6 is 11.8 Å². The monoisotopic (exact) mass is 215 g/mol. The van der Waals surface area contributed by atoms with E-state index in [-0.39, 0.29) is 5.91 Å². The first-order chi connectivity index (χ1) is 6.76. The molecule has 82 valence electrons. The van der Waals surface area contributed by atoms with E-state index < -0.39 is 0 Å². The predicted molar refractivity (Wildman–Crippen MR) is 64.7 cm³/mol. The molecule has 0 N–H and O–H groups in total. The van der Waals surface area contributed by atoms with Crippen LogP contribution in [0.15, 0.2) is 12.7 Å². The van der Waals surface area contributed by atoms with Crippen LogP contribution in [0, 0.1) is 0 Å². The van der Waals surface area contributed by atoms with Crippen molar-refractivity contribution in [2.45, 2.75) is 26.7 Å². The summed E-state index contributed by atoms with van der Waals surface area (Å²) in [7, 11) is 0. The third kappa shape index (κ3) is 6.08. The van der Waals surface area contributed by atoms with Crippen molar-refractivity contribution in [3.05, 3.63) is 12.7 Å². The number of rotatable bonds is 8. The highest BCUT2D eigenvalue weighted by atomic mass is 32.2. The molecule has 0 fully saturated rings. The molecular formula is C11H21NOS. The Morgan fingerprint density at radius 1 is 1.50 bits per heavy atom. The summed E-state index contributed by atoms with van der Waals surface area (Å²) in [5.74, 6) is 1.70. The minimum absolute atomic E-state index is 0.257. The maximum atomic E-state index is 11.6. The van der Waals surface area contributed by atoms with Gasteiger partial charge >= 0.3 is 0 Å². The Morgan fingerprint density at radius 3 is 2.71 bits per heavy atom. The molecule has 0 unspecified atom stereocenters. The molecule has 0 rings (SSSR count). The van der Waals surface area contributed by atoms with Gasteiger partial charge in [0.25, 0.3) is 0 Å². The van der Waals surface area contributed by atoms with Crippen molar-refractivity contribution in [2.75, 3.05) is 24.6 Å². The van der Waals surface area contributed by atoms with Gasteiger partial charge in [0.05, 0.1) is 5.75 Å². The van der Waals surface area contributed by atoms with E-state index in [1.54, 1.807) is 11.8 Å². The zero-order valence-electron chi connectivity index (χ0n) is 9.29. The van der Waals surface area contributed by atoms with E-state index in [4.69, 9.17) is 0 Å².